The van der Waals surface area contributed by atoms with Crippen LogP contribution in [0.1, 0.15) is 32.1 Å². The van der Waals surface area contributed by atoms with Crippen molar-refractivity contribution in [2.24, 2.45) is 0 Å². The van der Waals surface area contributed by atoms with E-state index in [1.54, 1.807) is 0 Å². The Balaban J connectivity index is 1.53. The first-order valence-electron chi connectivity index (χ1n) is 6.53. The van der Waals surface area contributed by atoms with E-state index in [2.05, 4.69) is 10.6 Å². The fourth-order valence-electron chi connectivity index (χ4n) is 2.02. The molecule has 2 rings (SSSR count). The molecule has 17 heavy (non-hydrogen) atoms. The van der Waals surface area contributed by atoms with E-state index in [-0.39, 0.29) is 18.4 Å². The SMILES string of the molecule is O=C(CCNC1CC1)NCC(=O)N1CCCC1. The summed E-state index contributed by atoms with van der Waals surface area (Å²) in [6, 6.07) is 0.633. The van der Waals surface area contributed by atoms with Crippen LogP contribution >= 0.6 is 0 Å². The molecule has 0 bridgehead atoms. The third kappa shape index (κ3) is 4.34. The van der Waals surface area contributed by atoms with Gasteiger partial charge in [-0.05, 0) is 25.7 Å². The molecule has 0 aromatic rings. The summed E-state index contributed by atoms with van der Waals surface area (Å²) in [7, 11) is 0. The highest BCUT2D eigenvalue weighted by atomic mass is 16.2. The molecule has 1 heterocycles. The van der Waals surface area contributed by atoms with Gasteiger partial charge >= 0.3 is 0 Å². The first-order chi connectivity index (χ1) is 8.25. The molecule has 96 valence electrons. The standard InChI is InChI=1S/C12H21N3O2/c16-11(5-6-13-10-3-4-10)14-9-12(17)15-7-1-2-8-15/h10,13H,1-9H2,(H,14,16). The summed E-state index contributed by atoms with van der Waals surface area (Å²) in [4.78, 5) is 24.9. The van der Waals surface area contributed by atoms with E-state index in [0.717, 1.165) is 25.9 Å². The first-order valence-corrected chi connectivity index (χ1v) is 6.53. The Morgan fingerprint density at radius 2 is 1.88 bits per heavy atom. The smallest absolute Gasteiger partial charge is 0.241 e. The van der Waals surface area contributed by atoms with Crippen molar-refractivity contribution in [3.8, 4) is 0 Å². The van der Waals surface area contributed by atoms with Crippen molar-refractivity contribution in [2.75, 3.05) is 26.2 Å². The van der Waals surface area contributed by atoms with Crippen LogP contribution in [0.15, 0.2) is 0 Å². The van der Waals surface area contributed by atoms with Gasteiger partial charge in [-0.1, -0.05) is 0 Å². The predicted molar refractivity (Wildman–Crippen MR) is 64.5 cm³/mol. The molecule has 0 aromatic heterocycles. The van der Waals surface area contributed by atoms with Gasteiger partial charge in [0.25, 0.3) is 0 Å². The largest absolute Gasteiger partial charge is 0.347 e. The number of amides is 2. The molecule has 2 N–H and O–H groups in total. The minimum absolute atomic E-state index is 0.0364. The summed E-state index contributed by atoms with van der Waals surface area (Å²) in [5, 5.41) is 5.96. The maximum absolute atomic E-state index is 11.6. The van der Waals surface area contributed by atoms with E-state index in [1.807, 2.05) is 4.90 Å². The molecule has 0 aromatic carbocycles. The maximum Gasteiger partial charge on any atom is 0.241 e. The third-order valence-electron chi connectivity index (χ3n) is 3.26. The lowest BCUT2D eigenvalue weighted by atomic mass is 10.4. The van der Waals surface area contributed by atoms with E-state index in [4.69, 9.17) is 0 Å². The summed E-state index contributed by atoms with van der Waals surface area (Å²) in [6.07, 6.45) is 5.10. The molecule has 1 saturated heterocycles. The average molecular weight is 239 g/mol. The van der Waals surface area contributed by atoms with Gasteiger partial charge in [0.05, 0.1) is 6.54 Å². The number of likely N-dealkylation sites (tertiary alicyclic amines) is 1. The minimum atomic E-state index is -0.0364. The number of nitrogens with zero attached hydrogens (tertiary/aromatic N) is 1. The molecular weight excluding hydrogens is 218 g/mol. The monoisotopic (exact) mass is 239 g/mol. The molecule has 1 saturated carbocycles. The Kier molecular flexibility index (Phi) is 4.36. The zero-order valence-electron chi connectivity index (χ0n) is 10.2. The van der Waals surface area contributed by atoms with Crippen LogP contribution in [-0.2, 0) is 9.59 Å². The molecule has 1 aliphatic heterocycles. The van der Waals surface area contributed by atoms with Crippen molar-refractivity contribution in [2.45, 2.75) is 38.1 Å². The Morgan fingerprint density at radius 3 is 2.53 bits per heavy atom. The molecule has 0 unspecified atom stereocenters. The van der Waals surface area contributed by atoms with E-state index >= 15 is 0 Å². The number of nitrogens with one attached hydrogen (secondary N) is 2. The molecule has 2 fully saturated rings. The molecule has 2 amide bonds. The highest BCUT2D eigenvalue weighted by Gasteiger charge is 2.20. The molecule has 0 spiro atoms. The fourth-order valence-corrected chi connectivity index (χ4v) is 2.02. The molecule has 0 atom stereocenters. The number of hydrogen-bond acceptors (Lipinski definition) is 3. The zero-order valence-corrected chi connectivity index (χ0v) is 10.2. The van der Waals surface area contributed by atoms with Crippen LogP contribution in [0.2, 0.25) is 0 Å². The quantitative estimate of drug-likeness (QED) is 0.678. The van der Waals surface area contributed by atoms with Gasteiger partial charge in [-0.15, -0.1) is 0 Å². The van der Waals surface area contributed by atoms with Gasteiger partial charge in [0, 0.05) is 32.1 Å². The van der Waals surface area contributed by atoms with Gasteiger partial charge in [0.1, 0.15) is 0 Å². The highest BCUT2D eigenvalue weighted by Crippen LogP contribution is 2.18. The number of carbonyl (C=O) groups is 2. The van der Waals surface area contributed by atoms with E-state index in [0.29, 0.717) is 19.0 Å². The second-order valence-corrected chi connectivity index (χ2v) is 4.84. The van der Waals surface area contributed by atoms with Gasteiger partial charge in [-0.2, -0.15) is 0 Å². The van der Waals surface area contributed by atoms with Crippen molar-refractivity contribution in [1.82, 2.24) is 15.5 Å². The van der Waals surface area contributed by atoms with Crippen molar-refractivity contribution >= 4 is 11.8 Å². The Labute approximate surface area is 102 Å². The number of carbonyl (C=O) groups excluding carboxylic acids is 2. The van der Waals surface area contributed by atoms with Gasteiger partial charge in [0.2, 0.25) is 11.8 Å². The van der Waals surface area contributed by atoms with Gasteiger partial charge in [-0.25, -0.2) is 0 Å². The van der Waals surface area contributed by atoms with Crippen molar-refractivity contribution in [3.05, 3.63) is 0 Å². The second kappa shape index (κ2) is 6.00. The molecule has 0 radical (unpaired) electrons. The molecule has 2 aliphatic rings. The first kappa shape index (κ1) is 12.4. The second-order valence-electron chi connectivity index (χ2n) is 4.84. The molecule has 1 aliphatic carbocycles. The lowest BCUT2D eigenvalue weighted by Crippen LogP contribution is -2.39. The van der Waals surface area contributed by atoms with Crippen LogP contribution in [0, 0.1) is 0 Å². The van der Waals surface area contributed by atoms with E-state index in [9.17, 15) is 9.59 Å². The van der Waals surface area contributed by atoms with Crippen LogP contribution in [-0.4, -0.2) is 48.9 Å². The molecule has 5 heteroatoms. The van der Waals surface area contributed by atoms with Crippen LogP contribution < -0.4 is 10.6 Å². The van der Waals surface area contributed by atoms with Crippen molar-refractivity contribution in [3.63, 3.8) is 0 Å². The minimum Gasteiger partial charge on any atom is -0.347 e. The Bertz CT molecular complexity index is 283. The number of rotatable bonds is 6. The van der Waals surface area contributed by atoms with E-state index in [1.165, 1.54) is 12.8 Å². The normalized spacial score (nSPS) is 19.4. The summed E-state index contributed by atoms with van der Waals surface area (Å²) in [5.74, 6) is 0.0108. The van der Waals surface area contributed by atoms with Gasteiger partial charge < -0.3 is 15.5 Å². The summed E-state index contributed by atoms with van der Waals surface area (Å²) < 4.78 is 0. The summed E-state index contributed by atoms with van der Waals surface area (Å²) in [5.41, 5.74) is 0. The third-order valence-corrected chi connectivity index (χ3v) is 3.26. The van der Waals surface area contributed by atoms with Gasteiger partial charge in [0.15, 0.2) is 0 Å². The molecule has 5 nitrogen and oxygen atoms in total. The van der Waals surface area contributed by atoms with Gasteiger partial charge in [-0.3, -0.25) is 9.59 Å². The predicted octanol–water partition coefficient (Wildman–Crippen LogP) is -0.133. The lowest BCUT2D eigenvalue weighted by molar-refractivity contribution is -0.132. The fraction of sp³-hybridized carbons (Fsp3) is 0.833. The van der Waals surface area contributed by atoms with Crippen LogP contribution in [0.5, 0.6) is 0 Å². The summed E-state index contributed by atoms with van der Waals surface area (Å²) in [6.45, 7) is 2.56. The van der Waals surface area contributed by atoms with Crippen LogP contribution in [0.4, 0.5) is 0 Å². The number of hydrogen-bond donors (Lipinski definition) is 2. The Morgan fingerprint density at radius 1 is 1.18 bits per heavy atom. The van der Waals surface area contributed by atoms with Crippen molar-refractivity contribution < 1.29 is 9.59 Å². The van der Waals surface area contributed by atoms with Crippen LogP contribution in [0.25, 0.3) is 0 Å². The zero-order chi connectivity index (χ0) is 12.1. The van der Waals surface area contributed by atoms with Crippen LogP contribution in [0.3, 0.4) is 0 Å². The topological polar surface area (TPSA) is 61.4 Å². The van der Waals surface area contributed by atoms with E-state index < -0.39 is 0 Å². The average Bonchev–Trinajstić information content (AvgIpc) is 2.97. The maximum atomic E-state index is 11.6. The summed E-state index contributed by atoms with van der Waals surface area (Å²) >= 11 is 0. The highest BCUT2D eigenvalue weighted by molar-refractivity contribution is 5.84. The Hall–Kier alpha value is -1.10. The van der Waals surface area contributed by atoms with Crippen molar-refractivity contribution in [1.29, 1.82) is 0 Å². The molecular formula is C12H21N3O2. The lowest BCUT2D eigenvalue weighted by Gasteiger charge is -2.15.